The second-order valence-electron chi connectivity index (χ2n) is 9.41. The van der Waals surface area contributed by atoms with Crippen LogP contribution in [0.5, 0.6) is 0 Å². The Morgan fingerprint density at radius 3 is 2.48 bits per heavy atom. The van der Waals surface area contributed by atoms with Gasteiger partial charge in [0.05, 0.1) is 5.69 Å². The molecule has 1 fully saturated rings. The molecular weight excluding hydrogens is 326 g/mol. The molecule has 1 heterocycles. The molecule has 0 atom stereocenters. The van der Waals surface area contributed by atoms with Crippen LogP contribution in [-0.2, 0) is 11.8 Å². The van der Waals surface area contributed by atoms with Crippen LogP contribution in [0.15, 0.2) is 48.7 Å². The summed E-state index contributed by atoms with van der Waals surface area (Å²) in [5.74, 6) is 0.884. The average molecular weight is 358 g/mol. The summed E-state index contributed by atoms with van der Waals surface area (Å²) in [4.78, 5) is 4.77. The number of hydrogen-bond acceptors (Lipinski definition) is 1. The van der Waals surface area contributed by atoms with Crippen LogP contribution in [0.4, 0.5) is 0 Å². The van der Waals surface area contributed by atoms with E-state index in [-0.39, 0.29) is 5.41 Å². The molecule has 2 aromatic carbocycles. The third kappa shape index (κ3) is 3.93. The molecule has 0 aliphatic heterocycles. The minimum atomic E-state index is 0.139. The molecule has 0 radical (unpaired) electrons. The fourth-order valence-electron chi connectivity index (χ4n) is 4.49. The lowest BCUT2D eigenvalue weighted by Crippen LogP contribution is -2.11. The van der Waals surface area contributed by atoms with Gasteiger partial charge in [-0.25, -0.2) is 0 Å². The van der Waals surface area contributed by atoms with Crippen molar-refractivity contribution in [1.82, 2.24) is 4.98 Å². The third-order valence-corrected chi connectivity index (χ3v) is 6.04. The van der Waals surface area contributed by atoms with Crippen LogP contribution in [0.3, 0.4) is 0 Å². The van der Waals surface area contributed by atoms with Crippen LogP contribution in [-0.4, -0.2) is 4.98 Å². The van der Waals surface area contributed by atoms with E-state index < -0.39 is 0 Å². The highest BCUT2D eigenvalue weighted by atomic mass is 14.7. The van der Waals surface area contributed by atoms with Crippen molar-refractivity contribution >= 4 is 10.8 Å². The SMILES string of the molecule is Cc1cc(-c2nccc3cc(CC4CCCC4)ccc23)cc(C(C)(C)C)c1. The lowest BCUT2D eigenvalue weighted by Gasteiger charge is -2.21. The van der Waals surface area contributed by atoms with Gasteiger partial charge < -0.3 is 0 Å². The van der Waals surface area contributed by atoms with Crippen LogP contribution in [0.25, 0.3) is 22.0 Å². The van der Waals surface area contributed by atoms with Gasteiger partial charge in [-0.05, 0) is 59.4 Å². The Bertz CT molecular complexity index is 956. The second-order valence-corrected chi connectivity index (χ2v) is 9.41. The molecule has 1 aliphatic rings. The summed E-state index contributed by atoms with van der Waals surface area (Å²) in [7, 11) is 0. The zero-order valence-electron chi connectivity index (χ0n) is 17.2. The molecule has 1 saturated carbocycles. The molecule has 27 heavy (non-hydrogen) atoms. The maximum absolute atomic E-state index is 4.77. The summed E-state index contributed by atoms with van der Waals surface area (Å²) in [5, 5.41) is 2.58. The molecule has 140 valence electrons. The maximum atomic E-state index is 4.77. The molecule has 0 spiro atoms. The van der Waals surface area contributed by atoms with Crippen LogP contribution >= 0.6 is 0 Å². The monoisotopic (exact) mass is 357 g/mol. The molecule has 0 unspecified atom stereocenters. The number of fused-ring (bicyclic) bond motifs is 1. The first-order valence-corrected chi connectivity index (χ1v) is 10.4. The van der Waals surface area contributed by atoms with E-state index in [2.05, 4.69) is 70.2 Å². The van der Waals surface area contributed by atoms with Gasteiger partial charge in [-0.3, -0.25) is 4.98 Å². The van der Waals surface area contributed by atoms with Crippen LogP contribution in [0.1, 0.15) is 63.1 Å². The van der Waals surface area contributed by atoms with E-state index in [1.165, 1.54) is 65.1 Å². The maximum Gasteiger partial charge on any atom is 0.0780 e. The third-order valence-electron chi connectivity index (χ3n) is 6.04. The van der Waals surface area contributed by atoms with E-state index in [0.717, 1.165) is 11.6 Å². The van der Waals surface area contributed by atoms with Crippen molar-refractivity contribution in [3.8, 4) is 11.3 Å². The number of rotatable bonds is 3. The van der Waals surface area contributed by atoms with E-state index in [0.29, 0.717) is 0 Å². The predicted molar refractivity (Wildman–Crippen MR) is 116 cm³/mol. The number of aryl methyl sites for hydroxylation is 1. The molecule has 3 aromatic rings. The van der Waals surface area contributed by atoms with Crippen LogP contribution in [0.2, 0.25) is 0 Å². The van der Waals surface area contributed by atoms with Crippen molar-refractivity contribution in [2.24, 2.45) is 5.92 Å². The number of benzene rings is 2. The molecule has 4 rings (SSSR count). The van der Waals surface area contributed by atoms with Gasteiger partial charge in [0, 0.05) is 17.1 Å². The average Bonchev–Trinajstić information content (AvgIpc) is 3.13. The van der Waals surface area contributed by atoms with E-state index in [1.807, 2.05) is 6.20 Å². The number of aromatic nitrogens is 1. The fourth-order valence-corrected chi connectivity index (χ4v) is 4.49. The van der Waals surface area contributed by atoms with Crippen LogP contribution < -0.4 is 0 Å². The number of hydrogen-bond donors (Lipinski definition) is 0. The van der Waals surface area contributed by atoms with Crippen molar-refractivity contribution in [2.45, 2.75) is 65.2 Å². The van der Waals surface area contributed by atoms with Gasteiger partial charge >= 0.3 is 0 Å². The summed E-state index contributed by atoms with van der Waals surface area (Å²) in [6.45, 7) is 9.01. The minimum Gasteiger partial charge on any atom is -0.256 e. The quantitative estimate of drug-likeness (QED) is 0.481. The Morgan fingerprint density at radius 1 is 0.963 bits per heavy atom. The standard InChI is InChI=1S/C26H31N/c1-18-13-22(17-23(14-18)26(2,3)4)25-24-10-9-20(15-19-7-5-6-8-19)16-21(24)11-12-27-25/h9-14,16-17,19H,5-8,15H2,1-4H3. The molecule has 0 bridgehead atoms. The zero-order chi connectivity index (χ0) is 19.0. The molecule has 0 amide bonds. The second kappa shape index (κ2) is 7.11. The summed E-state index contributed by atoms with van der Waals surface area (Å²) >= 11 is 0. The Hall–Kier alpha value is -2.15. The minimum absolute atomic E-state index is 0.139. The van der Waals surface area contributed by atoms with E-state index in [9.17, 15) is 0 Å². The normalized spacial score (nSPS) is 15.6. The van der Waals surface area contributed by atoms with Crippen LogP contribution in [0, 0.1) is 12.8 Å². The Balaban J connectivity index is 1.75. The zero-order valence-corrected chi connectivity index (χ0v) is 17.2. The predicted octanol–water partition coefficient (Wildman–Crippen LogP) is 7.24. The smallest absolute Gasteiger partial charge is 0.0780 e. The van der Waals surface area contributed by atoms with Crippen molar-refractivity contribution in [2.75, 3.05) is 0 Å². The highest BCUT2D eigenvalue weighted by Gasteiger charge is 2.18. The summed E-state index contributed by atoms with van der Waals surface area (Å²) in [6.07, 6.45) is 8.82. The first-order valence-electron chi connectivity index (χ1n) is 10.4. The molecule has 1 aromatic heterocycles. The van der Waals surface area contributed by atoms with Crippen molar-refractivity contribution in [3.05, 3.63) is 65.4 Å². The first kappa shape index (κ1) is 18.2. The number of nitrogens with zero attached hydrogens (tertiary/aromatic N) is 1. The van der Waals surface area contributed by atoms with E-state index in [4.69, 9.17) is 4.98 Å². The van der Waals surface area contributed by atoms with Gasteiger partial charge in [0.25, 0.3) is 0 Å². The largest absolute Gasteiger partial charge is 0.256 e. The van der Waals surface area contributed by atoms with Gasteiger partial charge in [-0.1, -0.05) is 76.3 Å². The fraction of sp³-hybridized carbons (Fsp3) is 0.423. The lowest BCUT2D eigenvalue weighted by atomic mass is 9.84. The van der Waals surface area contributed by atoms with Gasteiger partial charge in [-0.2, -0.15) is 0 Å². The highest BCUT2D eigenvalue weighted by molar-refractivity contribution is 5.95. The topological polar surface area (TPSA) is 12.9 Å². The molecule has 0 N–H and O–H groups in total. The van der Waals surface area contributed by atoms with Gasteiger partial charge in [0.15, 0.2) is 0 Å². The van der Waals surface area contributed by atoms with E-state index >= 15 is 0 Å². The summed E-state index contributed by atoms with van der Waals surface area (Å²) in [5.41, 5.74) is 6.62. The lowest BCUT2D eigenvalue weighted by molar-refractivity contribution is 0.547. The molecule has 0 saturated heterocycles. The summed E-state index contributed by atoms with van der Waals surface area (Å²) in [6, 6.07) is 16.1. The van der Waals surface area contributed by atoms with Gasteiger partial charge in [0.1, 0.15) is 0 Å². The number of pyridine rings is 1. The highest BCUT2D eigenvalue weighted by Crippen LogP contribution is 2.33. The van der Waals surface area contributed by atoms with Crippen molar-refractivity contribution < 1.29 is 0 Å². The van der Waals surface area contributed by atoms with Gasteiger partial charge in [-0.15, -0.1) is 0 Å². The molecule has 1 aliphatic carbocycles. The molecular formula is C26H31N. The Kier molecular flexibility index (Phi) is 4.80. The van der Waals surface area contributed by atoms with E-state index in [1.54, 1.807) is 0 Å². The molecule has 1 heteroatoms. The Morgan fingerprint density at radius 2 is 1.74 bits per heavy atom. The van der Waals surface area contributed by atoms with Gasteiger partial charge in [0.2, 0.25) is 0 Å². The summed E-state index contributed by atoms with van der Waals surface area (Å²) < 4.78 is 0. The Labute approximate surface area is 163 Å². The van der Waals surface area contributed by atoms with Crippen molar-refractivity contribution in [1.29, 1.82) is 0 Å². The molecule has 1 nitrogen and oxygen atoms in total. The van der Waals surface area contributed by atoms with Crippen molar-refractivity contribution in [3.63, 3.8) is 0 Å². The first-order chi connectivity index (χ1) is 12.9.